The van der Waals surface area contributed by atoms with Gasteiger partial charge in [0.05, 0.1) is 23.3 Å². The number of rotatable bonds is 4. The monoisotopic (exact) mass is 386 g/mol. The fraction of sp³-hybridized carbons (Fsp3) is 0.188. The van der Waals surface area contributed by atoms with Crippen LogP contribution < -0.4 is 5.32 Å². The van der Waals surface area contributed by atoms with Crippen LogP contribution in [-0.4, -0.2) is 15.0 Å². The summed E-state index contributed by atoms with van der Waals surface area (Å²) < 4.78 is 40.1. The van der Waals surface area contributed by atoms with Gasteiger partial charge in [-0.15, -0.1) is 0 Å². The van der Waals surface area contributed by atoms with Crippen LogP contribution >= 0.6 is 23.2 Å². The van der Waals surface area contributed by atoms with Gasteiger partial charge in [-0.1, -0.05) is 29.8 Å². The lowest BCUT2D eigenvalue weighted by molar-refractivity contribution is 0.146. The first-order valence-corrected chi connectivity index (χ1v) is 7.94. The molecule has 1 atom stereocenters. The summed E-state index contributed by atoms with van der Waals surface area (Å²) >= 11 is 11.8. The molecular formula is C16H11Cl2F3N4. The summed E-state index contributed by atoms with van der Waals surface area (Å²) in [6, 6.07) is 4.75. The van der Waals surface area contributed by atoms with E-state index in [1.54, 1.807) is 6.92 Å². The molecule has 0 fully saturated rings. The van der Waals surface area contributed by atoms with Crippen molar-refractivity contribution in [1.29, 1.82) is 0 Å². The molecule has 1 N–H and O–H groups in total. The van der Waals surface area contributed by atoms with Crippen LogP contribution in [-0.2, 0) is 0 Å². The lowest BCUT2D eigenvalue weighted by Gasteiger charge is -2.18. The maximum absolute atomic E-state index is 14.3. The Morgan fingerprint density at radius 2 is 1.84 bits per heavy atom. The summed E-state index contributed by atoms with van der Waals surface area (Å²) in [4.78, 5) is 12.0. The van der Waals surface area contributed by atoms with E-state index in [4.69, 9.17) is 23.2 Å². The number of hydrogen-bond acceptors (Lipinski definition) is 4. The van der Waals surface area contributed by atoms with Crippen LogP contribution in [0.5, 0.6) is 0 Å². The first-order chi connectivity index (χ1) is 11.9. The van der Waals surface area contributed by atoms with E-state index in [1.807, 2.05) is 0 Å². The van der Waals surface area contributed by atoms with E-state index in [-0.39, 0.29) is 16.0 Å². The fourth-order valence-corrected chi connectivity index (χ4v) is 2.78. The summed E-state index contributed by atoms with van der Waals surface area (Å²) in [5, 5.41) is 3.69. The highest BCUT2D eigenvalue weighted by atomic mass is 35.5. The van der Waals surface area contributed by atoms with Gasteiger partial charge in [-0.05, 0) is 24.6 Å². The molecule has 0 spiro atoms. The predicted molar refractivity (Wildman–Crippen MR) is 90.7 cm³/mol. The zero-order chi connectivity index (χ0) is 18.1. The first kappa shape index (κ1) is 17.7. The zero-order valence-electron chi connectivity index (χ0n) is 12.8. The highest BCUT2D eigenvalue weighted by Gasteiger charge is 2.20. The van der Waals surface area contributed by atoms with Gasteiger partial charge in [0.15, 0.2) is 0 Å². The Morgan fingerprint density at radius 1 is 1.12 bits per heavy atom. The molecule has 2 heterocycles. The molecule has 0 radical (unpaired) electrons. The molecule has 3 aromatic rings. The molecule has 0 saturated heterocycles. The molecule has 3 rings (SSSR count). The second kappa shape index (κ2) is 7.01. The van der Waals surface area contributed by atoms with Crippen molar-refractivity contribution in [2.45, 2.75) is 19.4 Å². The van der Waals surface area contributed by atoms with Gasteiger partial charge in [0, 0.05) is 10.9 Å². The Morgan fingerprint density at radius 3 is 2.56 bits per heavy atom. The molecular weight excluding hydrogens is 376 g/mol. The number of alkyl halides is 2. The van der Waals surface area contributed by atoms with Crippen molar-refractivity contribution in [2.24, 2.45) is 0 Å². The third kappa shape index (κ3) is 3.62. The van der Waals surface area contributed by atoms with Crippen LogP contribution in [0.3, 0.4) is 0 Å². The van der Waals surface area contributed by atoms with Gasteiger partial charge in [0.25, 0.3) is 6.43 Å². The number of halogens is 5. The topological polar surface area (TPSA) is 50.7 Å². The Hall–Kier alpha value is -2.12. The van der Waals surface area contributed by atoms with E-state index in [0.717, 1.165) is 6.07 Å². The average molecular weight is 387 g/mol. The minimum atomic E-state index is -2.90. The second-order valence-electron chi connectivity index (χ2n) is 5.28. The zero-order valence-corrected chi connectivity index (χ0v) is 14.3. The van der Waals surface area contributed by atoms with Crippen molar-refractivity contribution in [1.82, 2.24) is 15.0 Å². The number of nitrogens with zero attached hydrogens (tertiary/aromatic N) is 3. The minimum absolute atomic E-state index is 0.0341. The van der Waals surface area contributed by atoms with Gasteiger partial charge in [0.2, 0.25) is 5.28 Å². The number of aromatic nitrogens is 3. The van der Waals surface area contributed by atoms with Crippen molar-refractivity contribution in [3.8, 4) is 0 Å². The van der Waals surface area contributed by atoms with E-state index in [2.05, 4.69) is 20.3 Å². The Balaban J connectivity index is 2.02. The summed E-state index contributed by atoms with van der Waals surface area (Å²) in [5.74, 6) is -0.657. The SMILES string of the molecule is C[C@@H](Nc1nc(Cl)nc2cnc(Cl)cc12)c1cccc(C(F)F)c1F. The fourth-order valence-electron chi connectivity index (χ4n) is 2.44. The van der Waals surface area contributed by atoms with Crippen LogP contribution in [0.25, 0.3) is 10.9 Å². The average Bonchev–Trinajstić information content (AvgIpc) is 2.55. The van der Waals surface area contributed by atoms with Gasteiger partial charge in [-0.2, -0.15) is 0 Å². The van der Waals surface area contributed by atoms with E-state index in [9.17, 15) is 13.2 Å². The second-order valence-corrected chi connectivity index (χ2v) is 6.01. The van der Waals surface area contributed by atoms with Crippen molar-refractivity contribution >= 4 is 39.9 Å². The van der Waals surface area contributed by atoms with Crippen molar-refractivity contribution < 1.29 is 13.2 Å². The predicted octanol–water partition coefficient (Wildman–Crippen LogP) is 5.58. The van der Waals surface area contributed by atoms with Crippen LogP contribution in [0.4, 0.5) is 19.0 Å². The molecule has 0 bridgehead atoms. The van der Waals surface area contributed by atoms with Crippen LogP contribution in [0.15, 0.2) is 30.5 Å². The van der Waals surface area contributed by atoms with Crippen molar-refractivity contribution in [2.75, 3.05) is 5.32 Å². The summed E-state index contributed by atoms with van der Waals surface area (Å²) in [6.45, 7) is 1.62. The summed E-state index contributed by atoms with van der Waals surface area (Å²) in [7, 11) is 0. The van der Waals surface area contributed by atoms with Gasteiger partial charge in [0.1, 0.15) is 16.8 Å². The van der Waals surface area contributed by atoms with Gasteiger partial charge in [-0.25, -0.2) is 28.1 Å². The van der Waals surface area contributed by atoms with Gasteiger partial charge < -0.3 is 5.32 Å². The third-order valence-corrected chi connectivity index (χ3v) is 4.01. The molecule has 9 heteroatoms. The molecule has 0 saturated carbocycles. The van der Waals surface area contributed by atoms with E-state index >= 15 is 0 Å². The van der Waals surface area contributed by atoms with E-state index in [0.29, 0.717) is 16.7 Å². The molecule has 0 aliphatic rings. The summed E-state index contributed by atoms with van der Waals surface area (Å²) in [5.41, 5.74) is -0.120. The smallest absolute Gasteiger partial charge is 0.266 e. The van der Waals surface area contributed by atoms with Gasteiger partial charge in [-0.3, -0.25) is 0 Å². The highest BCUT2D eigenvalue weighted by molar-refractivity contribution is 6.30. The number of pyridine rings is 1. The Bertz CT molecular complexity index is 937. The van der Waals surface area contributed by atoms with Gasteiger partial charge >= 0.3 is 0 Å². The number of fused-ring (bicyclic) bond motifs is 1. The first-order valence-electron chi connectivity index (χ1n) is 7.18. The molecule has 2 aromatic heterocycles. The lowest BCUT2D eigenvalue weighted by atomic mass is 10.0. The molecule has 0 aliphatic carbocycles. The van der Waals surface area contributed by atoms with Crippen molar-refractivity contribution in [3.05, 3.63) is 57.8 Å². The van der Waals surface area contributed by atoms with Crippen LogP contribution in [0.2, 0.25) is 10.4 Å². The largest absolute Gasteiger partial charge is 0.363 e. The van der Waals surface area contributed by atoms with Crippen molar-refractivity contribution in [3.63, 3.8) is 0 Å². The number of anilines is 1. The quantitative estimate of drug-likeness (QED) is 0.469. The molecule has 25 heavy (non-hydrogen) atoms. The molecule has 4 nitrogen and oxygen atoms in total. The van der Waals surface area contributed by atoms with Crippen LogP contribution in [0.1, 0.15) is 30.5 Å². The molecule has 0 unspecified atom stereocenters. The molecule has 0 aliphatic heterocycles. The standard InChI is InChI=1S/C16H11Cl2F3N4/c1-7(8-3-2-4-9(13(8)19)14(20)21)23-15-10-5-12(17)22-6-11(10)24-16(18)25-15/h2-7,14H,1H3,(H,23,24,25)/t7-/m1/s1. The summed E-state index contributed by atoms with van der Waals surface area (Å²) in [6.07, 6.45) is -1.47. The number of nitrogens with one attached hydrogen (secondary N) is 1. The van der Waals surface area contributed by atoms with Crippen LogP contribution in [0, 0.1) is 5.82 Å². The minimum Gasteiger partial charge on any atom is -0.363 e. The lowest BCUT2D eigenvalue weighted by Crippen LogP contribution is -2.12. The maximum Gasteiger partial charge on any atom is 0.266 e. The normalized spacial score (nSPS) is 12.6. The Labute approximate surface area is 151 Å². The maximum atomic E-state index is 14.3. The molecule has 0 amide bonds. The third-order valence-electron chi connectivity index (χ3n) is 3.63. The van der Waals surface area contributed by atoms with E-state index in [1.165, 1.54) is 24.4 Å². The van der Waals surface area contributed by atoms with E-state index < -0.39 is 23.8 Å². The number of hydrogen-bond donors (Lipinski definition) is 1. The number of benzene rings is 1. The molecule has 130 valence electrons. The highest BCUT2D eigenvalue weighted by Crippen LogP contribution is 2.31. The Kier molecular flexibility index (Phi) is 4.96. The molecule has 1 aromatic carbocycles.